The number of hydrogen-bond acceptors (Lipinski definition) is 1. The van der Waals surface area contributed by atoms with Crippen molar-refractivity contribution in [2.75, 3.05) is 12.4 Å². The highest BCUT2D eigenvalue weighted by Gasteiger charge is 2.30. The molecule has 2 nitrogen and oxygen atoms in total. The van der Waals surface area contributed by atoms with Crippen LogP contribution in [0.3, 0.4) is 0 Å². The minimum Gasteiger partial charge on any atom is -0.338 e. The van der Waals surface area contributed by atoms with E-state index >= 15 is 0 Å². The maximum absolute atomic E-state index is 13.1. The van der Waals surface area contributed by atoms with Gasteiger partial charge in [-0.15, -0.1) is 11.6 Å². The molecule has 0 aromatic heterocycles. The molecule has 0 radical (unpaired) electrons. The van der Waals surface area contributed by atoms with Crippen LogP contribution in [-0.4, -0.2) is 23.2 Å². The summed E-state index contributed by atoms with van der Waals surface area (Å²) >= 11 is 5.81. The maximum Gasteiger partial charge on any atom is 0.229 e. The molecule has 1 aromatic carbocycles. The van der Waals surface area contributed by atoms with E-state index < -0.39 is 5.41 Å². The Kier molecular flexibility index (Phi) is 5.15. The summed E-state index contributed by atoms with van der Waals surface area (Å²) in [6, 6.07) is 6.30. The maximum atomic E-state index is 13.1. The summed E-state index contributed by atoms with van der Waals surface area (Å²) in [5.74, 6) is -0.0252. The van der Waals surface area contributed by atoms with Gasteiger partial charge in [-0.05, 0) is 38.5 Å². The molecule has 0 aliphatic rings. The predicted octanol–water partition coefficient (Wildman–Crippen LogP) is 3.44. The molecule has 1 amide bonds. The molecule has 100 valence electrons. The van der Waals surface area contributed by atoms with Gasteiger partial charge in [0.2, 0.25) is 5.91 Å². The molecule has 0 saturated heterocycles. The van der Waals surface area contributed by atoms with E-state index in [2.05, 4.69) is 0 Å². The Balaban J connectivity index is 2.82. The Bertz CT molecular complexity index is 420. The van der Waals surface area contributed by atoms with E-state index in [9.17, 15) is 9.18 Å². The van der Waals surface area contributed by atoms with Gasteiger partial charge in [-0.1, -0.05) is 12.1 Å². The zero-order valence-corrected chi connectivity index (χ0v) is 11.8. The lowest BCUT2D eigenvalue weighted by molar-refractivity contribution is -0.139. The molecule has 1 rings (SSSR count). The average Bonchev–Trinajstić information content (AvgIpc) is 2.35. The molecule has 0 bridgehead atoms. The summed E-state index contributed by atoms with van der Waals surface area (Å²) in [4.78, 5) is 14.0. The van der Waals surface area contributed by atoms with Crippen LogP contribution in [0.4, 0.5) is 4.39 Å². The molecule has 4 heteroatoms. The van der Waals surface area contributed by atoms with E-state index in [0.29, 0.717) is 13.1 Å². The number of carbonyl (C=O) groups is 1. The van der Waals surface area contributed by atoms with Gasteiger partial charge >= 0.3 is 0 Å². The van der Waals surface area contributed by atoms with E-state index in [-0.39, 0.29) is 17.6 Å². The first-order valence-corrected chi connectivity index (χ1v) is 6.54. The summed E-state index contributed by atoms with van der Waals surface area (Å²) in [5.41, 5.74) is 0.195. The number of rotatable bonds is 5. The van der Waals surface area contributed by atoms with Crippen LogP contribution in [0, 0.1) is 11.2 Å². The van der Waals surface area contributed by atoms with Gasteiger partial charge in [0.15, 0.2) is 0 Å². The minimum absolute atomic E-state index is 0.00994. The Morgan fingerprint density at radius 2 is 2.11 bits per heavy atom. The number of nitrogens with zero attached hydrogens (tertiary/aromatic N) is 1. The van der Waals surface area contributed by atoms with Crippen molar-refractivity contribution in [1.82, 2.24) is 4.90 Å². The van der Waals surface area contributed by atoms with Crippen LogP contribution in [-0.2, 0) is 11.3 Å². The first-order chi connectivity index (χ1) is 8.40. The van der Waals surface area contributed by atoms with E-state index in [1.54, 1.807) is 11.0 Å². The summed E-state index contributed by atoms with van der Waals surface area (Å²) < 4.78 is 13.1. The van der Waals surface area contributed by atoms with E-state index in [0.717, 1.165) is 5.56 Å². The third-order valence-electron chi connectivity index (χ3n) is 2.84. The Morgan fingerprint density at radius 1 is 1.44 bits per heavy atom. The van der Waals surface area contributed by atoms with Crippen LogP contribution >= 0.6 is 11.6 Å². The summed E-state index contributed by atoms with van der Waals surface area (Å²) in [6.45, 7) is 6.53. The number of alkyl halides is 1. The van der Waals surface area contributed by atoms with Gasteiger partial charge in [0.05, 0.1) is 5.41 Å². The Morgan fingerprint density at radius 3 is 2.61 bits per heavy atom. The number of amides is 1. The highest BCUT2D eigenvalue weighted by Crippen LogP contribution is 2.22. The molecule has 0 N–H and O–H groups in total. The normalized spacial score (nSPS) is 11.4. The molecule has 0 spiro atoms. The summed E-state index contributed by atoms with van der Waals surface area (Å²) in [5, 5.41) is 0. The smallest absolute Gasteiger partial charge is 0.229 e. The van der Waals surface area contributed by atoms with Crippen LogP contribution in [0.2, 0.25) is 0 Å². The molecule has 18 heavy (non-hydrogen) atoms. The van der Waals surface area contributed by atoms with Gasteiger partial charge in [0.25, 0.3) is 0 Å². The molecular weight excluding hydrogens is 253 g/mol. The number of benzene rings is 1. The lowest BCUT2D eigenvalue weighted by Crippen LogP contribution is -2.41. The van der Waals surface area contributed by atoms with Crippen molar-refractivity contribution in [1.29, 1.82) is 0 Å². The van der Waals surface area contributed by atoms with Gasteiger partial charge in [-0.3, -0.25) is 4.79 Å². The second-order valence-corrected chi connectivity index (χ2v) is 5.23. The second kappa shape index (κ2) is 6.19. The van der Waals surface area contributed by atoms with Crippen LogP contribution in [0.5, 0.6) is 0 Å². The van der Waals surface area contributed by atoms with Crippen LogP contribution in [0.15, 0.2) is 24.3 Å². The topological polar surface area (TPSA) is 20.3 Å². The number of hydrogen-bond donors (Lipinski definition) is 0. The third kappa shape index (κ3) is 3.70. The van der Waals surface area contributed by atoms with Gasteiger partial charge < -0.3 is 4.90 Å². The predicted molar refractivity (Wildman–Crippen MR) is 72.0 cm³/mol. The lowest BCUT2D eigenvalue weighted by Gasteiger charge is -2.30. The van der Waals surface area contributed by atoms with E-state index in [1.807, 2.05) is 26.8 Å². The fraction of sp³-hybridized carbons (Fsp3) is 0.500. The monoisotopic (exact) mass is 271 g/mol. The van der Waals surface area contributed by atoms with Crippen molar-refractivity contribution in [3.8, 4) is 0 Å². The molecule has 0 aliphatic heterocycles. The first kappa shape index (κ1) is 15.0. The zero-order chi connectivity index (χ0) is 13.8. The van der Waals surface area contributed by atoms with Gasteiger partial charge in [-0.25, -0.2) is 4.39 Å². The SMILES string of the molecule is CCN(Cc1cccc(F)c1)C(=O)C(C)(C)CCl. The molecule has 0 heterocycles. The molecule has 1 aromatic rings. The summed E-state index contributed by atoms with van der Waals surface area (Å²) in [6.07, 6.45) is 0. The highest BCUT2D eigenvalue weighted by atomic mass is 35.5. The number of carbonyl (C=O) groups excluding carboxylic acids is 1. The van der Waals surface area contributed by atoms with Crippen molar-refractivity contribution in [2.45, 2.75) is 27.3 Å². The molecule has 0 aliphatic carbocycles. The fourth-order valence-corrected chi connectivity index (χ4v) is 1.78. The van der Waals surface area contributed by atoms with Crippen molar-refractivity contribution in [3.63, 3.8) is 0 Å². The van der Waals surface area contributed by atoms with Gasteiger partial charge in [0.1, 0.15) is 5.82 Å². The van der Waals surface area contributed by atoms with E-state index in [4.69, 9.17) is 11.6 Å². The van der Waals surface area contributed by atoms with Crippen molar-refractivity contribution >= 4 is 17.5 Å². The lowest BCUT2D eigenvalue weighted by atomic mass is 9.94. The van der Waals surface area contributed by atoms with Crippen LogP contribution in [0.25, 0.3) is 0 Å². The van der Waals surface area contributed by atoms with Crippen molar-refractivity contribution < 1.29 is 9.18 Å². The summed E-state index contributed by atoms with van der Waals surface area (Å²) in [7, 11) is 0. The quantitative estimate of drug-likeness (QED) is 0.752. The molecule has 0 fully saturated rings. The van der Waals surface area contributed by atoms with Crippen LogP contribution < -0.4 is 0 Å². The van der Waals surface area contributed by atoms with Gasteiger partial charge in [-0.2, -0.15) is 0 Å². The number of halogens is 2. The first-order valence-electron chi connectivity index (χ1n) is 6.00. The van der Waals surface area contributed by atoms with Gasteiger partial charge in [0, 0.05) is 19.0 Å². The molecule has 0 atom stereocenters. The largest absolute Gasteiger partial charge is 0.338 e. The third-order valence-corrected chi connectivity index (χ3v) is 3.51. The molecular formula is C14H19ClFNO. The molecule has 0 unspecified atom stereocenters. The van der Waals surface area contributed by atoms with Crippen molar-refractivity contribution in [2.24, 2.45) is 5.41 Å². The fourth-order valence-electron chi connectivity index (χ4n) is 1.67. The highest BCUT2D eigenvalue weighted by molar-refractivity contribution is 6.19. The van der Waals surface area contributed by atoms with Crippen LogP contribution in [0.1, 0.15) is 26.3 Å². The molecule has 0 saturated carbocycles. The Hall–Kier alpha value is -1.09. The standard InChI is InChI=1S/C14H19ClFNO/c1-4-17(13(18)14(2,3)10-15)9-11-6-5-7-12(16)8-11/h5-8H,4,9-10H2,1-3H3. The van der Waals surface area contributed by atoms with Crippen molar-refractivity contribution in [3.05, 3.63) is 35.6 Å². The minimum atomic E-state index is -0.592. The van der Waals surface area contributed by atoms with E-state index in [1.165, 1.54) is 12.1 Å². The second-order valence-electron chi connectivity index (χ2n) is 4.97. The zero-order valence-electron chi connectivity index (χ0n) is 11.0. The average molecular weight is 272 g/mol. The Labute approximate surface area is 113 Å².